The van der Waals surface area contributed by atoms with Gasteiger partial charge in [0.2, 0.25) is 5.13 Å². The number of halogens is 3. The van der Waals surface area contributed by atoms with Gasteiger partial charge in [0.15, 0.2) is 0 Å². The normalized spacial score (nSPS) is 30.5. The lowest BCUT2D eigenvalue weighted by molar-refractivity contribution is -0.269. The van der Waals surface area contributed by atoms with E-state index in [1.165, 1.54) is 0 Å². The third kappa shape index (κ3) is 2.16. The number of hydrazone groups is 1. The number of para-hydroxylation sites is 1. The van der Waals surface area contributed by atoms with Crippen molar-refractivity contribution in [1.29, 1.82) is 0 Å². The number of nitrogens with zero attached hydrogens (tertiary/aromatic N) is 3. The van der Waals surface area contributed by atoms with Crippen molar-refractivity contribution in [2.75, 3.05) is 5.01 Å². The van der Waals surface area contributed by atoms with Gasteiger partial charge >= 0.3 is 6.18 Å². The largest absolute Gasteiger partial charge is 0.439 e. The molecular formula is C16H16F3N3OS. The van der Waals surface area contributed by atoms with E-state index in [2.05, 4.69) is 10.1 Å². The molecule has 128 valence electrons. The first-order chi connectivity index (χ1) is 11.3. The molecule has 0 radical (unpaired) electrons. The fourth-order valence-corrected chi connectivity index (χ4v) is 4.52. The number of thiazole rings is 1. The topological polar surface area (TPSA) is 48.7 Å². The van der Waals surface area contributed by atoms with E-state index in [9.17, 15) is 18.3 Å². The molecule has 1 aromatic heterocycles. The maximum atomic E-state index is 13.8. The van der Waals surface area contributed by atoms with Gasteiger partial charge < -0.3 is 5.11 Å². The second-order valence-corrected chi connectivity index (χ2v) is 7.53. The van der Waals surface area contributed by atoms with E-state index in [0.717, 1.165) is 22.5 Å². The molecular weight excluding hydrogens is 339 g/mol. The number of alkyl halides is 3. The van der Waals surface area contributed by atoms with Gasteiger partial charge in [-0.05, 0) is 37.3 Å². The molecule has 2 heterocycles. The van der Waals surface area contributed by atoms with Gasteiger partial charge in [0.05, 0.1) is 16.1 Å². The number of hydrogen-bond donors (Lipinski definition) is 1. The van der Waals surface area contributed by atoms with Crippen LogP contribution in [0.1, 0.15) is 26.2 Å². The summed E-state index contributed by atoms with van der Waals surface area (Å²) < 4.78 is 42.3. The highest BCUT2D eigenvalue weighted by Gasteiger charge is 2.68. The molecule has 3 atom stereocenters. The van der Waals surface area contributed by atoms with Crippen LogP contribution in [0.2, 0.25) is 0 Å². The second-order valence-electron chi connectivity index (χ2n) is 6.52. The number of anilines is 1. The molecule has 1 N–H and O–H groups in total. The van der Waals surface area contributed by atoms with Crippen LogP contribution in [0.15, 0.2) is 29.4 Å². The summed E-state index contributed by atoms with van der Waals surface area (Å²) in [6.07, 6.45) is -3.28. The van der Waals surface area contributed by atoms with Gasteiger partial charge in [0, 0.05) is 5.71 Å². The monoisotopic (exact) mass is 355 g/mol. The summed E-state index contributed by atoms with van der Waals surface area (Å²) in [6, 6.07) is 7.11. The molecule has 0 saturated heterocycles. The highest BCUT2D eigenvalue weighted by atomic mass is 32.1. The van der Waals surface area contributed by atoms with Gasteiger partial charge in [-0.3, -0.25) is 0 Å². The molecule has 4 rings (SSSR count). The van der Waals surface area contributed by atoms with Crippen molar-refractivity contribution in [3.05, 3.63) is 24.3 Å². The molecule has 1 aliphatic carbocycles. The van der Waals surface area contributed by atoms with E-state index < -0.39 is 17.8 Å². The van der Waals surface area contributed by atoms with E-state index in [0.29, 0.717) is 22.7 Å². The van der Waals surface area contributed by atoms with Gasteiger partial charge in [0.25, 0.3) is 5.72 Å². The highest BCUT2D eigenvalue weighted by molar-refractivity contribution is 7.22. The molecule has 0 spiro atoms. The second kappa shape index (κ2) is 5.16. The Morgan fingerprint density at radius 3 is 2.79 bits per heavy atom. The Morgan fingerprint density at radius 1 is 1.33 bits per heavy atom. The average Bonchev–Trinajstić information content (AvgIpc) is 3.07. The Morgan fingerprint density at radius 2 is 2.08 bits per heavy atom. The third-order valence-corrected chi connectivity index (χ3v) is 5.86. The fraction of sp³-hybridized carbons (Fsp3) is 0.500. The van der Waals surface area contributed by atoms with Crippen molar-refractivity contribution in [3.8, 4) is 0 Å². The molecule has 1 aliphatic heterocycles. The zero-order valence-electron chi connectivity index (χ0n) is 12.9. The van der Waals surface area contributed by atoms with Crippen molar-refractivity contribution in [1.82, 2.24) is 4.98 Å². The molecule has 0 amide bonds. The molecule has 0 unspecified atom stereocenters. The minimum absolute atomic E-state index is 0.0746. The van der Waals surface area contributed by atoms with E-state index in [4.69, 9.17) is 0 Å². The number of aliphatic hydroxyl groups is 1. The van der Waals surface area contributed by atoms with Crippen LogP contribution < -0.4 is 5.01 Å². The van der Waals surface area contributed by atoms with Crippen molar-refractivity contribution in [3.63, 3.8) is 0 Å². The summed E-state index contributed by atoms with van der Waals surface area (Å²) in [7, 11) is 0. The standard InChI is InChI=1S/C16H16F3N3OS/c1-9-6-7-11-10(8-9)15(23,16(17,18)19)22(21-11)14-20-12-4-2-3-5-13(12)24-14/h2-5,9-10,23H,6-8H2,1H3/t9-,10-,15-/m1/s1. The zero-order chi connectivity index (χ0) is 17.1. The SMILES string of the molecule is C[C@@H]1CCC2=NN(c3nc4ccccc4s3)[C@](O)(C(F)(F)F)[C@@H]2C1. The van der Waals surface area contributed by atoms with Crippen LogP contribution in [-0.2, 0) is 0 Å². The lowest BCUT2D eigenvalue weighted by Crippen LogP contribution is -2.60. The van der Waals surface area contributed by atoms with Crippen molar-refractivity contribution in [2.24, 2.45) is 16.9 Å². The van der Waals surface area contributed by atoms with Crippen LogP contribution in [0.3, 0.4) is 0 Å². The predicted octanol–water partition coefficient (Wildman–Crippen LogP) is 4.16. The first-order valence-electron chi connectivity index (χ1n) is 7.83. The lowest BCUT2D eigenvalue weighted by atomic mass is 9.76. The number of hydrogen-bond acceptors (Lipinski definition) is 5. The Hall–Kier alpha value is -1.67. The Labute approximate surface area is 140 Å². The molecule has 1 aromatic carbocycles. The highest BCUT2D eigenvalue weighted by Crippen LogP contribution is 2.51. The van der Waals surface area contributed by atoms with Crippen LogP contribution in [0.4, 0.5) is 18.3 Å². The predicted molar refractivity (Wildman–Crippen MR) is 87.0 cm³/mol. The Bertz CT molecular complexity index is 785. The van der Waals surface area contributed by atoms with E-state index in [-0.39, 0.29) is 17.5 Å². The molecule has 2 aliphatic rings. The fourth-order valence-electron chi connectivity index (χ4n) is 3.55. The molecule has 8 heteroatoms. The third-order valence-electron chi connectivity index (χ3n) is 4.85. The maximum Gasteiger partial charge on any atom is 0.439 e. The zero-order valence-corrected chi connectivity index (χ0v) is 13.7. The molecule has 1 saturated carbocycles. The number of aromatic nitrogens is 1. The minimum Gasteiger partial charge on any atom is -0.362 e. The van der Waals surface area contributed by atoms with E-state index in [1.807, 2.05) is 6.92 Å². The first kappa shape index (κ1) is 15.8. The number of fused-ring (bicyclic) bond motifs is 2. The van der Waals surface area contributed by atoms with Crippen molar-refractivity contribution in [2.45, 2.75) is 38.1 Å². The van der Waals surface area contributed by atoms with Crippen molar-refractivity contribution >= 4 is 32.4 Å². The summed E-state index contributed by atoms with van der Waals surface area (Å²) in [6.45, 7) is 1.91. The Balaban J connectivity index is 1.84. The molecule has 2 aromatic rings. The minimum atomic E-state index is -4.82. The van der Waals surface area contributed by atoms with Gasteiger partial charge in [-0.2, -0.15) is 23.3 Å². The van der Waals surface area contributed by atoms with Crippen LogP contribution in [0, 0.1) is 11.8 Å². The molecule has 0 bridgehead atoms. The smallest absolute Gasteiger partial charge is 0.362 e. The van der Waals surface area contributed by atoms with Crippen LogP contribution in [0.25, 0.3) is 10.2 Å². The van der Waals surface area contributed by atoms with E-state index in [1.54, 1.807) is 24.3 Å². The molecule has 4 nitrogen and oxygen atoms in total. The quantitative estimate of drug-likeness (QED) is 0.836. The van der Waals surface area contributed by atoms with Gasteiger partial charge in [0.1, 0.15) is 0 Å². The average molecular weight is 355 g/mol. The lowest BCUT2D eigenvalue weighted by Gasteiger charge is -2.39. The van der Waals surface area contributed by atoms with Crippen LogP contribution in [-0.4, -0.2) is 27.7 Å². The van der Waals surface area contributed by atoms with Crippen LogP contribution >= 0.6 is 11.3 Å². The van der Waals surface area contributed by atoms with Crippen LogP contribution in [0.5, 0.6) is 0 Å². The number of rotatable bonds is 1. The molecule has 24 heavy (non-hydrogen) atoms. The summed E-state index contributed by atoms with van der Waals surface area (Å²) in [5.74, 6) is -0.911. The number of benzene rings is 1. The maximum absolute atomic E-state index is 13.8. The summed E-state index contributed by atoms with van der Waals surface area (Å²) in [5.41, 5.74) is -2.00. The van der Waals surface area contributed by atoms with Gasteiger partial charge in [-0.1, -0.05) is 30.4 Å². The van der Waals surface area contributed by atoms with E-state index >= 15 is 0 Å². The van der Waals surface area contributed by atoms with Gasteiger partial charge in [-0.15, -0.1) is 0 Å². The first-order valence-corrected chi connectivity index (χ1v) is 8.64. The Kier molecular flexibility index (Phi) is 3.41. The van der Waals surface area contributed by atoms with Gasteiger partial charge in [-0.25, -0.2) is 4.98 Å². The molecule has 1 fully saturated rings. The summed E-state index contributed by atoms with van der Waals surface area (Å²) >= 11 is 1.11. The summed E-state index contributed by atoms with van der Waals surface area (Å²) in [4.78, 5) is 4.26. The summed E-state index contributed by atoms with van der Waals surface area (Å²) in [5, 5.41) is 15.7. The van der Waals surface area contributed by atoms with Crippen molar-refractivity contribution < 1.29 is 18.3 Å².